The van der Waals surface area contributed by atoms with Crippen LogP contribution in [0.15, 0.2) is 84.1 Å². The Morgan fingerprint density at radius 1 is 1.05 bits per heavy atom. The molecule has 5 rings (SSSR count). The van der Waals surface area contributed by atoms with Gasteiger partial charge in [-0.3, -0.25) is 4.79 Å². The molecule has 1 aromatic heterocycles. The number of rotatable bonds is 6. The molecule has 1 saturated heterocycles. The summed E-state index contributed by atoms with van der Waals surface area (Å²) in [7, 11) is 0. The van der Waals surface area contributed by atoms with Crippen LogP contribution in [-0.2, 0) is 4.79 Å². The van der Waals surface area contributed by atoms with Crippen molar-refractivity contribution in [2.45, 2.75) is 26.1 Å². The summed E-state index contributed by atoms with van der Waals surface area (Å²) in [6, 6.07) is 18.7. The van der Waals surface area contributed by atoms with Gasteiger partial charge in [-0.1, -0.05) is 32.0 Å². The highest BCUT2D eigenvalue weighted by Gasteiger charge is 2.32. The summed E-state index contributed by atoms with van der Waals surface area (Å²) in [6.45, 7) is 4.07. The van der Waals surface area contributed by atoms with Crippen molar-refractivity contribution in [2.75, 3.05) is 16.8 Å². The van der Waals surface area contributed by atoms with Gasteiger partial charge in [0.1, 0.15) is 12.1 Å². The van der Waals surface area contributed by atoms with Gasteiger partial charge in [0.25, 0.3) is 5.91 Å². The molecule has 13 heteroatoms. The second kappa shape index (κ2) is 11.1. The van der Waals surface area contributed by atoms with Crippen LogP contribution in [0.1, 0.15) is 25.3 Å². The van der Waals surface area contributed by atoms with Crippen molar-refractivity contribution in [1.82, 2.24) is 20.1 Å². The summed E-state index contributed by atoms with van der Waals surface area (Å²) in [5.74, 6) is 0.114. The lowest BCUT2D eigenvalue weighted by Crippen LogP contribution is -2.34. The third kappa shape index (κ3) is 6.35. The molecule has 0 saturated carbocycles. The Morgan fingerprint density at radius 3 is 2.44 bits per heavy atom. The zero-order valence-electron chi connectivity index (χ0n) is 21.9. The average molecular weight is 564 g/mol. The molecule has 0 spiro atoms. The number of amides is 3. The highest BCUT2D eigenvalue weighted by Crippen LogP contribution is 2.29. The number of ether oxygens (including phenoxy) is 1. The molecular formula is C28H24F3N7O3. The maximum Gasteiger partial charge on any atom is 0.573 e. The van der Waals surface area contributed by atoms with Crippen LogP contribution < -0.4 is 20.3 Å². The highest BCUT2D eigenvalue weighted by atomic mass is 19.4. The quantitative estimate of drug-likeness (QED) is 0.321. The molecule has 2 N–H and O–H groups in total. The lowest BCUT2D eigenvalue weighted by atomic mass is 10.0. The van der Waals surface area contributed by atoms with E-state index in [9.17, 15) is 22.8 Å². The first-order valence-corrected chi connectivity index (χ1v) is 12.5. The fraction of sp³-hybridized carbons (Fsp3) is 0.179. The number of guanidine groups is 1. The van der Waals surface area contributed by atoms with E-state index in [1.54, 1.807) is 24.3 Å². The Morgan fingerprint density at radius 2 is 1.76 bits per heavy atom. The lowest BCUT2D eigenvalue weighted by molar-refractivity contribution is -0.274. The van der Waals surface area contributed by atoms with Crippen molar-refractivity contribution in [3.05, 3.63) is 84.7 Å². The van der Waals surface area contributed by atoms with Gasteiger partial charge >= 0.3 is 12.4 Å². The summed E-state index contributed by atoms with van der Waals surface area (Å²) < 4.78 is 42.4. The largest absolute Gasteiger partial charge is 0.573 e. The Labute approximate surface area is 232 Å². The number of nitrogens with zero attached hydrogens (tertiary/aromatic N) is 5. The van der Waals surface area contributed by atoms with Gasteiger partial charge in [0.05, 0.1) is 17.9 Å². The minimum Gasteiger partial charge on any atom is -0.406 e. The molecule has 1 fully saturated rings. The zero-order valence-corrected chi connectivity index (χ0v) is 21.9. The van der Waals surface area contributed by atoms with Gasteiger partial charge in [-0.2, -0.15) is 4.99 Å². The maximum absolute atomic E-state index is 12.7. The Balaban J connectivity index is 1.26. The number of alkyl halides is 3. The van der Waals surface area contributed by atoms with Crippen molar-refractivity contribution in [3.8, 4) is 22.8 Å². The molecule has 2 heterocycles. The first kappa shape index (κ1) is 27.4. The number of benzene rings is 3. The van der Waals surface area contributed by atoms with E-state index < -0.39 is 12.4 Å². The molecule has 4 aromatic rings. The number of carbonyl (C=O) groups is 2. The van der Waals surface area contributed by atoms with Crippen LogP contribution in [0.25, 0.3) is 17.1 Å². The monoisotopic (exact) mass is 563 g/mol. The van der Waals surface area contributed by atoms with Crippen LogP contribution in [0, 0.1) is 0 Å². The van der Waals surface area contributed by atoms with E-state index in [0.717, 1.165) is 5.56 Å². The number of hydrogen-bond donors (Lipinski definition) is 2. The molecule has 41 heavy (non-hydrogen) atoms. The fourth-order valence-corrected chi connectivity index (χ4v) is 4.22. The molecule has 0 aliphatic carbocycles. The van der Waals surface area contributed by atoms with Gasteiger partial charge in [0.2, 0.25) is 5.96 Å². The van der Waals surface area contributed by atoms with Crippen LogP contribution >= 0.6 is 0 Å². The van der Waals surface area contributed by atoms with E-state index in [2.05, 4.69) is 30.4 Å². The van der Waals surface area contributed by atoms with Crippen molar-refractivity contribution < 1.29 is 27.5 Å². The molecule has 1 aliphatic heterocycles. The van der Waals surface area contributed by atoms with E-state index in [0.29, 0.717) is 28.5 Å². The molecule has 10 nitrogen and oxygen atoms in total. The molecule has 0 bridgehead atoms. The third-order valence-corrected chi connectivity index (χ3v) is 6.09. The van der Waals surface area contributed by atoms with E-state index in [1.165, 1.54) is 40.2 Å². The van der Waals surface area contributed by atoms with Crippen molar-refractivity contribution >= 4 is 29.3 Å². The summed E-state index contributed by atoms with van der Waals surface area (Å²) in [4.78, 5) is 35.1. The molecule has 1 aliphatic rings. The SMILES string of the molecule is CC(C)c1ccccc1N1C(=O)CN/C1=N\C(=O)Nc1ccc(-c2ncn(-c3ccc(OC(F)(F)F)cc3)n2)cc1. The van der Waals surface area contributed by atoms with Crippen molar-refractivity contribution in [3.63, 3.8) is 0 Å². The standard InChI is InChI=1S/C28H24F3N7O3/c1-17(2)22-5-3-4-6-23(22)38-24(39)15-32-26(38)35-27(40)34-19-9-7-18(8-10-19)25-33-16-37(36-25)20-11-13-21(14-12-20)41-28(29,30)31/h3-14,16-17H,15H2,1-2H3,(H2,32,34,35,40). The number of halogens is 3. The summed E-state index contributed by atoms with van der Waals surface area (Å²) >= 11 is 0. The smallest absolute Gasteiger partial charge is 0.406 e. The lowest BCUT2D eigenvalue weighted by Gasteiger charge is -2.21. The van der Waals surface area contributed by atoms with Crippen LogP contribution in [-0.4, -0.2) is 45.6 Å². The van der Waals surface area contributed by atoms with Crippen molar-refractivity contribution in [2.24, 2.45) is 4.99 Å². The Hall–Kier alpha value is -5.20. The van der Waals surface area contributed by atoms with E-state index in [1.807, 2.05) is 38.1 Å². The number of nitrogens with one attached hydrogen (secondary N) is 2. The van der Waals surface area contributed by atoms with Crippen molar-refractivity contribution in [1.29, 1.82) is 0 Å². The molecule has 0 radical (unpaired) electrons. The number of aliphatic imine (C=N–C) groups is 1. The molecule has 3 aromatic carbocycles. The first-order chi connectivity index (χ1) is 19.6. The van der Waals surface area contributed by atoms with Crippen LogP contribution in [0.5, 0.6) is 5.75 Å². The number of hydrogen-bond acceptors (Lipinski definition) is 5. The average Bonchev–Trinajstić information content (AvgIpc) is 3.56. The highest BCUT2D eigenvalue weighted by molar-refractivity contribution is 6.24. The zero-order chi connectivity index (χ0) is 29.1. The number of para-hydroxylation sites is 1. The van der Waals surface area contributed by atoms with Gasteiger partial charge in [-0.15, -0.1) is 18.3 Å². The van der Waals surface area contributed by atoms with E-state index in [-0.39, 0.29) is 30.1 Å². The number of aromatic nitrogens is 3. The molecule has 0 unspecified atom stereocenters. The van der Waals surface area contributed by atoms with Gasteiger partial charge < -0.3 is 15.4 Å². The van der Waals surface area contributed by atoms with Crippen LogP contribution in [0.2, 0.25) is 0 Å². The van der Waals surface area contributed by atoms with E-state index >= 15 is 0 Å². The molecule has 3 amide bonds. The second-order valence-electron chi connectivity index (χ2n) is 9.29. The molecule has 0 atom stereocenters. The Kier molecular flexibility index (Phi) is 7.42. The molecule has 210 valence electrons. The number of carbonyl (C=O) groups excluding carboxylic acids is 2. The third-order valence-electron chi connectivity index (χ3n) is 6.09. The Bertz CT molecular complexity index is 1600. The minimum atomic E-state index is -4.77. The normalized spacial score (nSPS) is 14.4. The maximum atomic E-state index is 12.7. The second-order valence-corrected chi connectivity index (χ2v) is 9.29. The molecular weight excluding hydrogens is 539 g/mol. The van der Waals surface area contributed by atoms with Gasteiger partial charge in [0, 0.05) is 11.3 Å². The summed E-state index contributed by atoms with van der Waals surface area (Å²) in [5.41, 5.74) is 3.22. The number of urea groups is 1. The minimum absolute atomic E-state index is 0.0262. The summed E-state index contributed by atoms with van der Waals surface area (Å²) in [5, 5.41) is 9.93. The fourth-order valence-electron chi connectivity index (χ4n) is 4.22. The predicted octanol–water partition coefficient (Wildman–Crippen LogP) is 5.48. The predicted molar refractivity (Wildman–Crippen MR) is 146 cm³/mol. The number of anilines is 2. The van der Waals surface area contributed by atoms with Gasteiger partial charge in [-0.05, 0) is 66.1 Å². The van der Waals surface area contributed by atoms with E-state index in [4.69, 9.17) is 0 Å². The van der Waals surface area contributed by atoms with Gasteiger partial charge in [0.15, 0.2) is 5.82 Å². The first-order valence-electron chi connectivity index (χ1n) is 12.5. The topological polar surface area (TPSA) is 114 Å². The summed E-state index contributed by atoms with van der Waals surface area (Å²) in [6.07, 6.45) is -3.34. The van der Waals surface area contributed by atoms with Crippen LogP contribution in [0.4, 0.5) is 29.3 Å². The van der Waals surface area contributed by atoms with Gasteiger partial charge in [-0.25, -0.2) is 19.4 Å². The van der Waals surface area contributed by atoms with Crippen LogP contribution in [0.3, 0.4) is 0 Å².